The topological polar surface area (TPSA) is 71.5 Å². The van der Waals surface area contributed by atoms with Gasteiger partial charge in [0.15, 0.2) is 5.78 Å². The van der Waals surface area contributed by atoms with Crippen molar-refractivity contribution in [3.05, 3.63) is 102 Å². The van der Waals surface area contributed by atoms with Crippen molar-refractivity contribution in [2.24, 2.45) is 5.92 Å². The van der Waals surface area contributed by atoms with E-state index >= 15 is 0 Å². The number of benzene rings is 2. The number of hydrogen-bond acceptors (Lipinski definition) is 4. The van der Waals surface area contributed by atoms with Crippen molar-refractivity contribution in [2.45, 2.75) is 18.6 Å². The molecule has 0 amide bonds. The molecule has 0 spiro atoms. The second kappa shape index (κ2) is 9.89. The average molecular weight is 460 g/mol. The van der Waals surface area contributed by atoms with E-state index in [0.29, 0.717) is 30.8 Å². The van der Waals surface area contributed by atoms with E-state index in [1.807, 2.05) is 36.5 Å². The minimum atomic E-state index is -0.510. The van der Waals surface area contributed by atoms with Crippen LogP contribution in [0.15, 0.2) is 84.6 Å². The van der Waals surface area contributed by atoms with Crippen LogP contribution in [0.1, 0.15) is 11.1 Å². The molecule has 2 N–H and O–H groups in total. The first kappa shape index (κ1) is 22.5. The van der Waals surface area contributed by atoms with Crippen molar-refractivity contribution >= 4 is 22.3 Å². The fraction of sp³-hybridized carbons (Fsp3) is 0.250. The quantitative estimate of drug-likeness (QED) is 0.514. The molecule has 0 radical (unpaired) electrons. The van der Waals surface area contributed by atoms with E-state index in [0.717, 1.165) is 22.0 Å². The van der Waals surface area contributed by atoms with Crippen LogP contribution in [-0.2, 0) is 20.7 Å². The first-order valence-electron chi connectivity index (χ1n) is 11.4. The maximum Gasteiger partial charge on any atom is 0.184 e. The summed E-state index contributed by atoms with van der Waals surface area (Å²) in [6, 6.07) is 14.3. The Morgan fingerprint density at radius 2 is 2.03 bits per heavy atom. The van der Waals surface area contributed by atoms with Crippen LogP contribution in [0.2, 0.25) is 0 Å². The number of allylic oxidation sites excluding steroid dienone is 3. The number of aromatic amines is 1. The van der Waals surface area contributed by atoms with Gasteiger partial charge in [-0.2, -0.15) is 0 Å². The molecular formula is C28H26FNO4. The van der Waals surface area contributed by atoms with Gasteiger partial charge >= 0.3 is 0 Å². The average Bonchev–Trinajstić information content (AvgIpc) is 3.28. The predicted molar refractivity (Wildman–Crippen MR) is 129 cm³/mol. The lowest BCUT2D eigenvalue weighted by molar-refractivity contribution is -0.123. The van der Waals surface area contributed by atoms with Gasteiger partial charge < -0.3 is 19.6 Å². The molecule has 3 aromatic rings. The lowest BCUT2D eigenvalue weighted by atomic mass is 9.87. The fourth-order valence-corrected chi connectivity index (χ4v) is 4.57. The van der Waals surface area contributed by atoms with Crippen molar-refractivity contribution in [1.82, 2.24) is 4.98 Å². The summed E-state index contributed by atoms with van der Waals surface area (Å²) in [4.78, 5) is 16.5. The Labute approximate surface area is 197 Å². The number of rotatable bonds is 7. The molecular weight excluding hydrogens is 433 g/mol. The first-order valence-corrected chi connectivity index (χ1v) is 11.4. The summed E-state index contributed by atoms with van der Waals surface area (Å²) in [6.45, 7) is 0.753. The number of para-hydroxylation sites is 1. The number of aliphatic hydroxyl groups is 1. The SMILES string of the molecule is O=C(/C=C\[C@@H](CO)Cc1c[nH]c2ccccc12)C1=CC(c2cccc(F)c2)=CC2OCCOC12. The molecule has 1 aliphatic carbocycles. The molecule has 5 nitrogen and oxygen atoms in total. The highest BCUT2D eigenvalue weighted by atomic mass is 19.1. The van der Waals surface area contributed by atoms with Gasteiger partial charge in [0.1, 0.15) is 18.0 Å². The largest absolute Gasteiger partial charge is 0.396 e. The summed E-state index contributed by atoms with van der Waals surface area (Å²) >= 11 is 0. The molecule has 1 aliphatic heterocycles. The third kappa shape index (κ3) is 4.66. The van der Waals surface area contributed by atoms with Gasteiger partial charge in [0.25, 0.3) is 0 Å². The number of halogens is 1. The minimum absolute atomic E-state index is 0.0809. The van der Waals surface area contributed by atoms with E-state index < -0.39 is 12.2 Å². The summed E-state index contributed by atoms with van der Waals surface area (Å²) < 4.78 is 25.5. The molecule has 2 aromatic carbocycles. The number of ketones is 1. The zero-order valence-corrected chi connectivity index (χ0v) is 18.6. The highest BCUT2D eigenvalue weighted by Gasteiger charge is 2.34. The third-order valence-corrected chi connectivity index (χ3v) is 6.30. The van der Waals surface area contributed by atoms with E-state index in [-0.39, 0.29) is 24.1 Å². The van der Waals surface area contributed by atoms with E-state index in [2.05, 4.69) is 4.98 Å². The molecule has 1 aromatic heterocycles. The molecule has 2 aliphatic rings. The van der Waals surface area contributed by atoms with Crippen molar-refractivity contribution < 1.29 is 23.8 Å². The minimum Gasteiger partial charge on any atom is -0.396 e. The lowest BCUT2D eigenvalue weighted by Gasteiger charge is -2.34. The van der Waals surface area contributed by atoms with Gasteiger partial charge in [-0.1, -0.05) is 36.4 Å². The summed E-state index contributed by atoms with van der Waals surface area (Å²) in [5.74, 6) is -0.768. The number of aliphatic hydroxyl groups excluding tert-OH is 1. The molecule has 6 heteroatoms. The van der Waals surface area contributed by atoms with Gasteiger partial charge in [0.2, 0.25) is 0 Å². The zero-order chi connectivity index (χ0) is 23.5. The van der Waals surface area contributed by atoms with Gasteiger partial charge in [-0.25, -0.2) is 4.39 Å². The zero-order valence-electron chi connectivity index (χ0n) is 18.6. The van der Waals surface area contributed by atoms with Crippen molar-refractivity contribution in [3.8, 4) is 0 Å². The molecule has 0 saturated carbocycles. The number of nitrogens with one attached hydrogen (secondary N) is 1. The number of carbonyl (C=O) groups is 1. The number of carbonyl (C=O) groups excluding carboxylic acids is 1. The Morgan fingerprint density at radius 3 is 2.88 bits per heavy atom. The maximum absolute atomic E-state index is 13.8. The number of fused-ring (bicyclic) bond motifs is 2. The predicted octanol–water partition coefficient (Wildman–Crippen LogP) is 4.39. The summed E-state index contributed by atoms with van der Waals surface area (Å²) in [7, 11) is 0. The molecule has 5 rings (SSSR count). The fourth-order valence-electron chi connectivity index (χ4n) is 4.57. The van der Waals surface area contributed by atoms with Crippen LogP contribution in [0.25, 0.3) is 16.5 Å². The van der Waals surface area contributed by atoms with Gasteiger partial charge in [-0.05, 0) is 59.5 Å². The summed E-state index contributed by atoms with van der Waals surface area (Å²) in [5, 5.41) is 11.1. The molecule has 1 saturated heterocycles. The third-order valence-electron chi connectivity index (χ3n) is 6.30. The molecule has 0 bridgehead atoms. The van der Waals surface area contributed by atoms with Gasteiger partial charge in [0, 0.05) is 35.2 Å². The Bertz CT molecular complexity index is 1290. The molecule has 174 valence electrons. The number of H-pyrrole nitrogens is 1. The monoisotopic (exact) mass is 459 g/mol. The number of hydrogen-bond donors (Lipinski definition) is 2. The van der Waals surface area contributed by atoms with Gasteiger partial charge in [-0.3, -0.25) is 4.79 Å². The van der Waals surface area contributed by atoms with Crippen LogP contribution in [0, 0.1) is 11.7 Å². The highest BCUT2D eigenvalue weighted by Crippen LogP contribution is 2.32. The Kier molecular flexibility index (Phi) is 6.54. The van der Waals surface area contributed by atoms with Crippen LogP contribution in [0.5, 0.6) is 0 Å². The Balaban J connectivity index is 1.38. The van der Waals surface area contributed by atoms with Gasteiger partial charge in [-0.15, -0.1) is 0 Å². The molecule has 3 atom stereocenters. The molecule has 2 unspecified atom stereocenters. The standard InChI is InChI=1S/C28H26FNO4/c29-22-5-3-4-19(13-22)20-14-24(28-27(15-20)33-10-11-34-28)26(32)9-8-18(17-31)12-21-16-30-25-7-2-1-6-23(21)25/h1-9,13-16,18,27-28,30-31H,10-12,17H2/b9-8-/t18-,27?,28?/m1/s1. The summed E-state index contributed by atoms with van der Waals surface area (Å²) in [5.41, 5.74) is 3.99. The van der Waals surface area contributed by atoms with E-state index in [9.17, 15) is 14.3 Å². The van der Waals surface area contributed by atoms with Crippen LogP contribution in [-0.4, -0.2) is 47.9 Å². The lowest BCUT2D eigenvalue weighted by Crippen LogP contribution is -2.41. The molecule has 34 heavy (non-hydrogen) atoms. The molecule has 2 heterocycles. The van der Waals surface area contributed by atoms with Gasteiger partial charge in [0.05, 0.1) is 13.2 Å². The van der Waals surface area contributed by atoms with Crippen molar-refractivity contribution in [2.75, 3.05) is 19.8 Å². The smallest absolute Gasteiger partial charge is 0.184 e. The van der Waals surface area contributed by atoms with E-state index in [4.69, 9.17) is 9.47 Å². The van der Waals surface area contributed by atoms with Crippen molar-refractivity contribution in [1.29, 1.82) is 0 Å². The second-order valence-electron chi connectivity index (χ2n) is 8.59. The first-order chi connectivity index (χ1) is 16.6. The maximum atomic E-state index is 13.8. The second-order valence-corrected chi connectivity index (χ2v) is 8.59. The van der Waals surface area contributed by atoms with E-state index in [1.165, 1.54) is 18.2 Å². The van der Waals surface area contributed by atoms with Crippen LogP contribution in [0.4, 0.5) is 4.39 Å². The molecule has 1 fully saturated rings. The Hall–Kier alpha value is -3.32. The normalized spacial score (nSPS) is 21.2. The van der Waals surface area contributed by atoms with Crippen LogP contribution >= 0.6 is 0 Å². The van der Waals surface area contributed by atoms with Crippen LogP contribution < -0.4 is 0 Å². The summed E-state index contributed by atoms with van der Waals surface area (Å²) in [6.07, 6.45) is 8.52. The van der Waals surface area contributed by atoms with E-state index in [1.54, 1.807) is 24.3 Å². The highest BCUT2D eigenvalue weighted by molar-refractivity contribution is 6.07. The van der Waals surface area contributed by atoms with Crippen molar-refractivity contribution in [3.63, 3.8) is 0 Å². The number of aromatic nitrogens is 1. The van der Waals surface area contributed by atoms with Crippen LogP contribution in [0.3, 0.4) is 0 Å². The number of ether oxygens (including phenoxy) is 2. The Morgan fingerprint density at radius 1 is 1.18 bits per heavy atom.